The molecular formula is C19H15FN4O2S. The molecule has 4 rings (SSSR count). The van der Waals surface area contributed by atoms with E-state index in [4.69, 9.17) is 4.42 Å². The summed E-state index contributed by atoms with van der Waals surface area (Å²) in [6, 6.07) is 15.1. The zero-order valence-corrected chi connectivity index (χ0v) is 15.2. The molecule has 27 heavy (non-hydrogen) atoms. The van der Waals surface area contributed by atoms with Gasteiger partial charge in [-0.1, -0.05) is 23.9 Å². The quantitative estimate of drug-likeness (QED) is 0.524. The number of amides is 1. The van der Waals surface area contributed by atoms with E-state index in [1.165, 1.54) is 23.9 Å². The normalized spacial score (nSPS) is 11.0. The molecule has 0 spiro atoms. The van der Waals surface area contributed by atoms with Crippen LogP contribution in [0.3, 0.4) is 0 Å². The van der Waals surface area contributed by atoms with Crippen molar-refractivity contribution >= 4 is 34.6 Å². The van der Waals surface area contributed by atoms with E-state index in [1.807, 2.05) is 31.2 Å². The van der Waals surface area contributed by atoms with Gasteiger partial charge in [0.05, 0.1) is 17.1 Å². The highest BCUT2D eigenvalue weighted by Gasteiger charge is 2.13. The number of aromatic nitrogens is 3. The molecule has 4 aromatic rings. The van der Waals surface area contributed by atoms with Crippen molar-refractivity contribution in [3.63, 3.8) is 0 Å². The third kappa shape index (κ3) is 3.85. The Morgan fingerprint density at radius 2 is 2.00 bits per heavy atom. The summed E-state index contributed by atoms with van der Waals surface area (Å²) in [6.07, 6.45) is 0. The predicted octanol–water partition coefficient (Wildman–Crippen LogP) is 4.19. The number of aryl methyl sites for hydroxylation is 1. The first kappa shape index (κ1) is 17.3. The minimum Gasteiger partial charge on any atom is -0.431 e. The molecule has 0 aliphatic heterocycles. The summed E-state index contributed by atoms with van der Waals surface area (Å²) in [5.74, 6) is 0.108. The van der Waals surface area contributed by atoms with Gasteiger partial charge in [-0.15, -0.1) is 0 Å². The number of thioether (sulfide) groups is 1. The summed E-state index contributed by atoms with van der Waals surface area (Å²) in [7, 11) is 0. The third-order valence-electron chi connectivity index (χ3n) is 3.77. The first-order chi connectivity index (χ1) is 13.1. The fourth-order valence-electron chi connectivity index (χ4n) is 2.59. The summed E-state index contributed by atoms with van der Waals surface area (Å²) >= 11 is 1.21. The molecule has 0 saturated heterocycles. The summed E-state index contributed by atoms with van der Waals surface area (Å²) in [4.78, 5) is 16.7. The van der Waals surface area contributed by atoms with Gasteiger partial charge in [0.15, 0.2) is 5.58 Å². The van der Waals surface area contributed by atoms with Gasteiger partial charge >= 0.3 is 0 Å². The molecule has 0 saturated carbocycles. The van der Waals surface area contributed by atoms with Crippen LogP contribution in [0.25, 0.3) is 16.8 Å². The van der Waals surface area contributed by atoms with Crippen LogP contribution < -0.4 is 5.32 Å². The Morgan fingerprint density at radius 1 is 1.22 bits per heavy atom. The maximum atomic E-state index is 13.1. The first-order valence-electron chi connectivity index (χ1n) is 8.19. The Morgan fingerprint density at radius 3 is 2.78 bits per heavy atom. The number of carbonyl (C=O) groups is 1. The van der Waals surface area contributed by atoms with Crippen LogP contribution in [0.4, 0.5) is 10.2 Å². The van der Waals surface area contributed by atoms with Crippen LogP contribution in [0.1, 0.15) is 5.69 Å². The minimum absolute atomic E-state index is 0.139. The monoisotopic (exact) mass is 382 g/mol. The van der Waals surface area contributed by atoms with Crippen LogP contribution in [0.2, 0.25) is 0 Å². The van der Waals surface area contributed by atoms with E-state index in [2.05, 4.69) is 15.4 Å². The molecule has 0 aliphatic carbocycles. The minimum atomic E-state index is -0.331. The van der Waals surface area contributed by atoms with Crippen LogP contribution >= 0.6 is 11.8 Å². The summed E-state index contributed by atoms with van der Waals surface area (Å²) < 4.78 is 20.3. The molecule has 6 nitrogen and oxygen atoms in total. The maximum Gasteiger partial charge on any atom is 0.257 e. The van der Waals surface area contributed by atoms with Crippen molar-refractivity contribution in [2.45, 2.75) is 12.1 Å². The second kappa shape index (κ2) is 7.24. The van der Waals surface area contributed by atoms with Crippen molar-refractivity contribution in [2.24, 2.45) is 0 Å². The fourth-order valence-corrected chi connectivity index (χ4v) is 3.22. The van der Waals surface area contributed by atoms with Gasteiger partial charge in [0.2, 0.25) is 5.91 Å². The third-order valence-corrected chi connectivity index (χ3v) is 4.60. The number of nitrogens with one attached hydrogen (secondary N) is 1. The van der Waals surface area contributed by atoms with Gasteiger partial charge in [0.1, 0.15) is 17.2 Å². The SMILES string of the molecule is Cc1cc(NC(=O)CSc2nc3ccccc3o2)n(-c2ccc(F)cc2)n1. The number of para-hydroxylation sites is 2. The van der Waals surface area contributed by atoms with E-state index in [1.54, 1.807) is 22.9 Å². The summed E-state index contributed by atoms with van der Waals surface area (Å²) in [5.41, 5.74) is 2.84. The molecule has 2 aromatic carbocycles. The summed E-state index contributed by atoms with van der Waals surface area (Å²) in [6.45, 7) is 1.82. The number of anilines is 1. The van der Waals surface area contributed by atoms with Crippen molar-refractivity contribution in [2.75, 3.05) is 11.1 Å². The van der Waals surface area contributed by atoms with Gasteiger partial charge in [-0.25, -0.2) is 14.1 Å². The zero-order valence-electron chi connectivity index (χ0n) is 14.3. The average molecular weight is 382 g/mol. The number of oxazole rings is 1. The Labute approximate surface area is 158 Å². The molecule has 8 heteroatoms. The average Bonchev–Trinajstić information content (AvgIpc) is 3.23. The highest BCUT2D eigenvalue weighted by atomic mass is 32.2. The molecule has 0 fully saturated rings. The number of fused-ring (bicyclic) bond motifs is 1. The molecule has 0 aliphatic rings. The van der Waals surface area contributed by atoms with Crippen molar-refractivity contribution in [3.8, 4) is 5.69 Å². The second-order valence-electron chi connectivity index (χ2n) is 5.84. The van der Waals surface area contributed by atoms with Crippen LogP contribution in [0.5, 0.6) is 0 Å². The first-order valence-corrected chi connectivity index (χ1v) is 9.18. The van der Waals surface area contributed by atoms with Gasteiger partial charge in [0.25, 0.3) is 5.22 Å². The number of carbonyl (C=O) groups excluding carboxylic acids is 1. The number of benzene rings is 2. The van der Waals surface area contributed by atoms with Gasteiger partial charge in [-0.05, 0) is 43.3 Å². The van der Waals surface area contributed by atoms with E-state index < -0.39 is 0 Å². The van der Waals surface area contributed by atoms with Gasteiger partial charge in [-0.3, -0.25) is 4.79 Å². The smallest absolute Gasteiger partial charge is 0.257 e. The molecule has 136 valence electrons. The van der Waals surface area contributed by atoms with Crippen LogP contribution in [-0.2, 0) is 4.79 Å². The molecule has 0 atom stereocenters. The Bertz CT molecular complexity index is 1070. The van der Waals surface area contributed by atoms with Crippen molar-refractivity contribution in [1.29, 1.82) is 0 Å². The molecule has 2 heterocycles. The molecule has 0 radical (unpaired) electrons. The topological polar surface area (TPSA) is 73.0 Å². The number of hydrogen-bond donors (Lipinski definition) is 1. The Balaban J connectivity index is 1.45. The number of halogens is 1. The van der Waals surface area contributed by atoms with Crippen molar-refractivity contribution in [3.05, 3.63) is 66.1 Å². The summed E-state index contributed by atoms with van der Waals surface area (Å²) in [5, 5.41) is 7.62. The van der Waals surface area contributed by atoms with E-state index in [9.17, 15) is 9.18 Å². The zero-order chi connectivity index (χ0) is 18.8. The second-order valence-corrected chi connectivity index (χ2v) is 6.77. The van der Waals surface area contributed by atoms with Gasteiger partial charge in [-0.2, -0.15) is 5.10 Å². The maximum absolute atomic E-state index is 13.1. The van der Waals surface area contributed by atoms with Crippen LogP contribution in [0, 0.1) is 12.7 Å². The van der Waals surface area contributed by atoms with Gasteiger partial charge in [0, 0.05) is 6.07 Å². The Kier molecular flexibility index (Phi) is 4.64. The largest absolute Gasteiger partial charge is 0.431 e. The van der Waals surface area contributed by atoms with Crippen molar-refractivity contribution in [1.82, 2.24) is 14.8 Å². The van der Waals surface area contributed by atoms with Gasteiger partial charge < -0.3 is 9.73 Å². The lowest BCUT2D eigenvalue weighted by molar-refractivity contribution is -0.113. The lowest BCUT2D eigenvalue weighted by Crippen LogP contribution is -2.17. The van der Waals surface area contributed by atoms with E-state index in [-0.39, 0.29) is 17.5 Å². The van der Waals surface area contributed by atoms with Crippen molar-refractivity contribution < 1.29 is 13.6 Å². The molecule has 0 unspecified atom stereocenters. The lowest BCUT2D eigenvalue weighted by Gasteiger charge is -2.08. The lowest BCUT2D eigenvalue weighted by atomic mass is 10.3. The van der Waals surface area contributed by atoms with E-state index >= 15 is 0 Å². The van der Waals surface area contributed by atoms with Crippen LogP contribution in [-0.4, -0.2) is 26.4 Å². The molecule has 1 amide bonds. The molecule has 0 bridgehead atoms. The highest BCUT2D eigenvalue weighted by molar-refractivity contribution is 7.99. The molecule has 1 N–H and O–H groups in total. The Hall–Kier alpha value is -3.13. The van der Waals surface area contributed by atoms with E-state index in [0.717, 1.165) is 11.2 Å². The molecule has 2 aromatic heterocycles. The van der Waals surface area contributed by atoms with E-state index in [0.29, 0.717) is 22.3 Å². The number of nitrogens with zero attached hydrogens (tertiary/aromatic N) is 3. The highest BCUT2D eigenvalue weighted by Crippen LogP contribution is 2.24. The fraction of sp³-hybridized carbons (Fsp3) is 0.105. The standard InChI is InChI=1S/C19H15FN4O2S/c1-12-10-17(24(23-12)14-8-6-13(20)7-9-14)22-18(25)11-27-19-21-15-4-2-3-5-16(15)26-19/h2-10H,11H2,1H3,(H,22,25). The molecular weight excluding hydrogens is 367 g/mol. The predicted molar refractivity (Wildman–Crippen MR) is 102 cm³/mol. The number of hydrogen-bond acceptors (Lipinski definition) is 5. The number of rotatable bonds is 5. The van der Waals surface area contributed by atoms with Crippen LogP contribution in [0.15, 0.2) is 64.2 Å².